The van der Waals surface area contributed by atoms with Crippen LogP contribution in [-0.2, 0) is 16.1 Å². The average molecular weight is 439 g/mol. The number of halogens is 1. The monoisotopic (exact) mass is 438 g/mol. The van der Waals surface area contributed by atoms with Crippen molar-refractivity contribution < 1.29 is 24.2 Å². The number of carbonyl (C=O) groups is 2. The standard InChI is InChI=1S/C22H15BrO5/c23-15-7-9-19-17(11-15)20(21(24)25)16-10-14(6-8-18(16)28-19)22(26)27-12-13-4-2-1-3-5-13/h1-11,20H,12H2,(H,24,25). The zero-order chi connectivity index (χ0) is 19.7. The summed E-state index contributed by atoms with van der Waals surface area (Å²) in [5.41, 5.74) is 2.11. The Bertz CT molecular complexity index is 1060. The lowest BCUT2D eigenvalue weighted by atomic mass is 9.87. The minimum atomic E-state index is -1.02. The molecule has 0 fully saturated rings. The predicted octanol–water partition coefficient (Wildman–Crippen LogP) is 5.13. The van der Waals surface area contributed by atoms with Gasteiger partial charge in [0, 0.05) is 15.6 Å². The van der Waals surface area contributed by atoms with E-state index in [1.807, 2.05) is 30.3 Å². The third-order valence-corrected chi connectivity index (χ3v) is 5.01. The SMILES string of the molecule is O=C(OCc1ccccc1)c1ccc2c(c1)C(C(=O)O)c1cc(Br)ccc1O2. The maximum atomic E-state index is 12.5. The molecule has 0 spiro atoms. The number of benzene rings is 3. The molecule has 1 atom stereocenters. The molecule has 0 radical (unpaired) electrons. The first-order chi connectivity index (χ1) is 13.5. The largest absolute Gasteiger partial charge is 0.481 e. The van der Waals surface area contributed by atoms with Crippen LogP contribution >= 0.6 is 15.9 Å². The van der Waals surface area contributed by atoms with Gasteiger partial charge in [-0.2, -0.15) is 0 Å². The predicted molar refractivity (Wildman–Crippen MR) is 106 cm³/mol. The second-order valence-electron chi connectivity index (χ2n) is 6.37. The highest BCUT2D eigenvalue weighted by Crippen LogP contribution is 2.45. The number of aliphatic carboxylic acids is 1. The summed E-state index contributed by atoms with van der Waals surface area (Å²) < 4.78 is 11.9. The summed E-state index contributed by atoms with van der Waals surface area (Å²) in [6, 6.07) is 19.3. The van der Waals surface area contributed by atoms with Crippen LogP contribution in [0.5, 0.6) is 11.5 Å². The van der Waals surface area contributed by atoms with Crippen LogP contribution in [0.3, 0.4) is 0 Å². The Morgan fingerprint density at radius 3 is 2.36 bits per heavy atom. The molecule has 5 nitrogen and oxygen atoms in total. The molecule has 1 aliphatic heterocycles. The molecule has 0 saturated carbocycles. The fourth-order valence-corrected chi connectivity index (χ4v) is 3.57. The number of carboxylic acid groups (broad SMARTS) is 1. The number of hydrogen-bond donors (Lipinski definition) is 1. The van der Waals surface area contributed by atoms with Gasteiger partial charge in [0.1, 0.15) is 24.0 Å². The number of fused-ring (bicyclic) bond motifs is 2. The molecular formula is C22H15BrO5. The van der Waals surface area contributed by atoms with Crippen molar-refractivity contribution >= 4 is 27.9 Å². The number of carboxylic acids is 1. The van der Waals surface area contributed by atoms with Crippen LogP contribution < -0.4 is 4.74 Å². The second kappa shape index (κ2) is 7.48. The molecule has 4 rings (SSSR count). The van der Waals surface area contributed by atoms with Crippen molar-refractivity contribution in [1.29, 1.82) is 0 Å². The van der Waals surface area contributed by atoms with E-state index >= 15 is 0 Å². The first-order valence-electron chi connectivity index (χ1n) is 8.58. The van der Waals surface area contributed by atoms with Crippen molar-refractivity contribution in [3.05, 3.63) is 93.5 Å². The van der Waals surface area contributed by atoms with Gasteiger partial charge in [-0.1, -0.05) is 46.3 Å². The summed E-state index contributed by atoms with van der Waals surface area (Å²) in [5, 5.41) is 9.82. The van der Waals surface area contributed by atoms with Crippen molar-refractivity contribution in [2.45, 2.75) is 12.5 Å². The maximum Gasteiger partial charge on any atom is 0.338 e. The summed E-state index contributed by atoms with van der Waals surface area (Å²) in [6.07, 6.45) is 0. The molecule has 6 heteroatoms. The Labute approximate surface area is 169 Å². The molecule has 0 bridgehead atoms. The van der Waals surface area contributed by atoms with E-state index in [4.69, 9.17) is 9.47 Å². The van der Waals surface area contributed by atoms with Gasteiger partial charge in [-0.3, -0.25) is 4.79 Å². The highest BCUT2D eigenvalue weighted by molar-refractivity contribution is 9.10. The normalized spacial score (nSPS) is 14.4. The summed E-state index contributed by atoms with van der Waals surface area (Å²) in [7, 11) is 0. The van der Waals surface area contributed by atoms with Gasteiger partial charge in [0.05, 0.1) is 5.56 Å². The highest BCUT2D eigenvalue weighted by Gasteiger charge is 2.33. The zero-order valence-corrected chi connectivity index (χ0v) is 16.2. The van der Waals surface area contributed by atoms with Crippen LogP contribution in [0.2, 0.25) is 0 Å². The van der Waals surface area contributed by atoms with E-state index in [-0.39, 0.29) is 12.2 Å². The van der Waals surface area contributed by atoms with Gasteiger partial charge in [-0.25, -0.2) is 4.79 Å². The Balaban J connectivity index is 1.64. The molecule has 0 aromatic heterocycles. The van der Waals surface area contributed by atoms with Gasteiger partial charge < -0.3 is 14.6 Å². The van der Waals surface area contributed by atoms with Gasteiger partial charge >= 0.3 is 11.9 Å². The summed E-state index contributed by atoms with van der Waals surface area (Å²) in [6.45, 7) is 0.144. The lowest BCUT2D eigenvalue weighted by Crippen LogP contribution is -2.19. The van der Waals surface area contributed by atoms with E-state index in [2.05, 4.69) is 15.9 Å². The quantitative estimate of drug-likeness (QED) is 0.571. The van der Waals surface area contributed by atoms with Crippen LogP contribution in [-0.4, -0.2) is 17.0 Å². The molecule has 0 aliphatic carbocycles. The third-order valence-electron chi connectivity index (χ3n) is 4.52. The Kier molecular flexibility index (Phi) is 4.88. The van der Waals surface area contributed by atoms with Crippen molar-refractivity contribution in [2.75, 3.05) is 0 Å². The zero-order valence-electron chi connectivity index (χ0n) is 14.6. The molecule has 0 saturated heterocycles. The summed E-state index contributed by atoms with van der Waals surface area (Å²) in [4.78, 5) is 24.5. The van der Waals surface area contributed by atoms with Crippen LogP contribution in [0.25, 0.3) is 0 Å². The highest BCUT2D eigenvalue weighted by atomic mass is 79.9. The first-order valence-corrected chi connectivity index (χ1v) is 9.37. The number of rotatable bonds is 4. The summed E-state index contributed by atoms with van der Waals surface area (Å²) in [5.74, 6) is -1.56. The molecule has 28 heavy (non-hydrogen) atoms. The van der Waals surface area contributed by atoms with Crippen LogP contribution in [0.4, 0.5) is 0 Å². The topological polar surface area (TPSA) is 72.8 Å². The molecule has 1 heterocycles. The van der Waals surface area contributed by atoms with Gasteiger partial charge in [0.25, 0.3) is 0 Å². The van der Waals surface area contributed by atoms with Gasteiger partial charge in [-0.15, -0.1) is 0 Å². The van der Waals surface area contributed by atoms with Crippen LogP contribution in [0.1, 0.15) is 33.0 Å². The summed E-state index contributed by atoms with van der Waals surface area (Å²) >= 11 is 3.36. The molecule has 0 amide bonds. The lowest BCUT2D eigenvalue weighted by molar-refractivity contribution is -0.137. The van der Waals surface area contributed by atoms with Crippen LogP contribution in [0.15, 0.2) is 71.2 Å². The molecule has 1 aliphatic rings. The van der Waals surface area contributed by atoms with E-state index in [0.29, 0.717) is 22.6 Å². The Morgan fingerprint density at radius 1 is 0.964 bits per heavy atom. The van der Waals surface area contributed by atoms with E-state index in [9.17, 15) is 14.7 Å². The minimum Gasteiger partial charge on any atom is -0.481 e. The van der Waals surface area contributed by atoms with Crippen molar-refractivity contribution in [1.82, 2.24) is 0 Å². The van der Waals surface area contributed by atoms with Crippen LogP contribution in [0, 0.1) is 0 Å². The van der Waals surface area contributed by atoms with E-state index in [0.717, 1.165) is 10.0 Å². The third kappa shape index (κ3) is 3.51. The van der Waals surface area contributed by atoms with Gasteiger partial charge in [-0.05, 0) is 42.0 Å². The van der Waals surface area contributed by atoms with Gasteiger partial charge in [0.2, 0.25) is 0 Å². The average Bonchev–Trinajstić information content (AvgIpc) is 2.70. The fourth-order valence-electron chi connectivity index (χ4n) is 3.19. The Morgan fingerprint density at radius 2 is 1.64 bits per heavy atom. The number of hydrogen-bond acceptors (Lipinski definition) is 4. The molecule has 1 unspecified atom stereocenters. The number of carbonyl (C=O) groups excluding carboxylic acids is 1. The molecule has 140 valence electrons. The molecular weight excluding hydrogens is 424 g/mol. The Hall–Kier alpha value is -3.12. The minimum absolute atomic E-state index is 0.144. The second-order valence-corrected chi connectivity index (χ2v) is 7.29. The molecule has 1 N–H and O–H groups in total. The fraction of sp³-hybridized carbons (Fsp3) is 0.0909. The van der Waals surface area contributed by atoms with Crippen molar-refractivity contribution in [2.24, 2.45) is 0 Å². The molecule has 3 aromatic rings. The van der Waals surface area contributed by atoms with E-state index in [1.165, 1.54) is 6.07 Å². The van der Waals surface area contributed by atoms with E-state index in [1.54, 1.807) is 30.3 Å². The first kappa shape index (κ1) is 18.3. The van der Waals surface area contributed by atoms with Crippen molar-refractivity contribution in [3.8, 4) is 11.5 Å². The smallest absolute Gasteiger partial charge is 0.338 e. The number of ether oxygens (including phenoxy) is 2. The van der Waals surface area contributed by atoms with Crippen molar-refractivity contribution in [3.63, 3.8) is 0 Å². The maximum absolute atomic E-state index is 12.5. The lowest BCUT2D eigenvalue weighted by Gasteiger charge is -2.26. The van der Waals surface area contributed by atoms with E-state index < -0.39 is 17.9 Å². The number of esters is 1. The molecule has 3 aromatic carbocycles. The van der Waals surface area contributed by atoms with Gasteiger partial charge in [0.15, 0.2) is 0 Å².